The van der Waals surface area contributed by atoms with Crippen molar-refractivity contribution in [3.63, 3.8) is 0 Å². The van der Waals surface area contributed by atoms with Crippen molar-refractivity contribution in [3.05, 3.63) is 34.9 Å². The SMILES string of the molecule is O=C(NCCNC1CCS(=O)(=O)C1)c1ccc(Cl)cc1. The lowest BCUT2D eigenvalue weighted by Crippen LogP contribution is -2.37. The summed E-state index contributed by atoms with van der Waals surface area (Å²) >= 11 is 5.75. The van der Waals surface area contributed by atoms with Gasteiger partial charge in [0.1, 0.15) is 0 Å². The number of carbonyl (C=O) groups excluding carboxylic acids is 1. The second-order valence-corrected chi connectivity index (χ2v) is 7.48. The molecule has 2 N–H and O–H groups in total. The van der Waals surface area contributed by atoms with Crippen molar-refractivity contribution in [2.75, 3.05) is 24.6 Å². The molecule has 1 amide bonds. The minimum absolute atomic E-state index is 0.00688. The van der Waals surface area contributed by atoms with Gasteiger partial charge >= 0.3 is 0 Å². The van der Waals surface area contributed by atoms with Crippen molar-refractivity contribution in [1.82, 2.24) is 10.6 Å². The summed E-state index contributed by atoms with van der Waals surface area (Å²) in [5, 5.41) is 6.50. The average Bonchev–Trinajstić information content (AvgIpc) is 2.75. The second-order valence-electron chi connectivity index (χ2n) is 4.82. The van der Waals surface area contributed by atoms with Gasteiger partial charge in [0.25, 0.3) is 5.91 Å². The highest BCUT2D eigenvalue weighted by Gasteiger charge is 2.26. The lowest BCUT2D eigenvalue weighted by Gasteiger charge is -2.11. The van der Waals surface area contributed by atoms with Crippen LogP contribution in [-0.4, -0.2) is 45.0 Å². The number of benzene rings is 1. The van der Waals surface area contributed by atoms with Crippen LogP contribution in [0.3, 0.4) is 0 Å². The van der Waals surface area contributed by atoms with Crippen LogP contribution in [0.2, 0.25) is 5.02 Å². The molecule has 1 aliphatic heterocycles. The van der Waals surface area contributed by atoms with Gasteiger partial charge in [-0.05, 0) is 30.7 Å². The average molecular weight is 317 g/mol. The third-order valence-electron chi connectivity index (χ3n) is 3.18. The first-order valence-electron chi connectivity index (χ1n) is 6.44. The van der Waals surface area contributed by atoms with Crippen LogP contribution in [0, 0.1) is 0 Å². The van der Waals surface area contributed by atoms with Crippen LogP contribution >= 0.6 is 11.6 Å². The topological polar surface area (TPSA) is 75.3 Å². The first kappa shape index (κ1) is 15.3. The zero-order valence-electron chi connectivity index (χ0n) is 10.9. The summed E-state index contributed by atoms with van der Waals surface area (Å²) in [5.74, 6) is 0.280. The molecule has 1 heterocycles. The fourth-order valence-electron chi connectivity index (χ4n) is 2.11. The molecule has 1 aliphatic rings. The molecule has 20 heavy (non-hydrogen) atoms. The standard InChI is InChI=1S/C13H17ClN2O3S/c14-11-3-1-10(2-4-11)13(17)16-7-6-15-12-5-8-20(18,19)9-12/h1-4,12,15H,5-9H2,(H,16,17). The minimum atomic E-state index is -2.86. The molecule has 0 radical (unpaired) electrons. The molecule has 2 rings (SSSR count). The zero-order chi connectivity index (χ0) is 14.6. The van der Waals surface area contributed by atoms with Crippen molar-refractivity contribution in [2.45, 2.75) is 12.5 Å². The summed E-state index contributed by atoms with van der Waals surface area (Å²) in [5.41, 5.74) is 0.554. The van der Waals surface area contributed by atoms with E-state index in [1.54, 1.807) is 24.3 Å². The Labute approximate surface area is 123 Å². The fraction of sp³-hybridized carbons (Fsp3) is 0.462. The van der Waals surface area contributed by atoms with Crippen LogP contribution in [0.25, 0.3) is 0 Å². The number of hydrogen-bond acceptors (Lipinski definition) is 4. The van der Waals surface area contributed by atoms with Crippen LogP contribution in [0.5, 0.6) is 0 Å². The molecular weight excluding hydrogens is 300 g/mol. The summed E-state index contributed by atoms with van der Waals surface area (Å²) < 4.78 is 22.5. The van der Waals surface area contributed by atoms with Gasteiger partial charge in [-0.15, -0.1) is 0 Å². The molecule has 1 atom stereocenters. The number of carbonyl (C=O) groups is 1. The van der Waals surface area contributed by atoms with Crippen molar-refractivity contribution < 1.29 is 13.2 Å². The molecule has 110 valence electrons. The lowest BCUT2D eigenvalue weighted by atomic mass is 10.2. The summed E-state index contributed by atoms with van der Waals surface area (Å²) in [4.78, 5) is 11.8. The van der Waals surface area contributed by atoms with E-state index >= 15 is 0 Å². The van der Waals surface area contributed by atoms with Crippen molar-refractivity contribution >= 4 is 27.3 Å². The summed E-state index contributed by atoms with van der Waals surface area (Å²) in [6.07, 6.45) is 0.646. The molecule has 0 spiro atoms. The second kappa shape index (κ2) is 6.56. The monoisotopic (exact) mass is 316 g/mol. The Hall–Kier alpha value is -1.11. The highest BCUT2D eigenvalue weighted by Crippen LogP contribution is 2.11. The highest BCUT2D eigenvalue weighted by atomic mass is 35.5. The Kier molecular flexibility index (Phi) is 5.01. The molecule has 0 bridgehead atoms. The number of sulfone groups is 1. The third-order valence-corrected chi connectivity index (χ3v) is 5.20. The maximum absolute atomic E-state index is 11.8. The molecule has 5 nitrogen and oxygen atoms in total. The Balaban J connectivity index is 1.68. The summed E-state index contributed by atoms with van der Waals surface area (Å²) in [7, 11) is -2.86. The van der Waals surface area contributed by atoms with E-state index < -0.39 is 9.84 Å². The molecule has 1 aromatic rings. The molecule has 0 saturated carbocycles. The highest BCUT2D eigenvalue weighted by molar-refractivity contribution is 7.91. The predicted octanol–water partition coefficient (Wildman–Crippen LogP) is 0.847. The van der Waals surface area contributed by atoms with E-state index in [0.717, 1.165) is 0 Å². The van der Waals surface area contributed by atoms with Gasteiger partial charge in [-0.25, -0.2) is 8.42 Å². The lowest BCUT2D eigenvalue weighted by molar-refractivity contribution is 0.0953. The molecule has 1 unspecified atom stereocenters. The quantitative estimate of drug-likeness (QED) is 0.790. The van der Waals surface area contributed by atoms with Gasteiger partial charge < -0.3 is 10.6 Å². The molecular formula is C13H17ClN2O3S. The molecule has 1 fully saturated rings. The first-order chi connectivity index (χ1) is 9.46. The Morgan fingerprint density at radius 1 is 1.25 bits per heavy atom. The van der Waals surface area contributed by atoms with E-state index in [4.69, 9.17) is 11.6 Å². The molecule has 0 aliphatic carbocycles. The molecule has 0 aromatic heterocycles. The van der Waals surface area contributed by atoms with E-state index in [2.05, 4.69) is 10.6 Å². The van der Waals surface area contributed by atoms with Crippen LogP contribution in [-0.2, 0) is 9.84 Å². The largest absolute Gasteiger partial charge is 0.351 e. The van der Waals surface area contributed by atoms with Crippen LogP contribution in [0.15, 0.2) is 24.3 Å². The third kappa shape index (κ3) is 4.47. The van der Waals surface area contributed by atoms with Crippen LogP contribution < -0.4 is 10.6 Å². The summed E-state index contributed by atoms with van der Waals surface area (Å²) in [6.45, 7) is 1.01. The number of halogens is 1. The van der Waals surface area contributed by atoms with E-state index in [-0.39, 0.29) is 23.5 Å². The summed E-state index contributed by atoms with van der Waals surface area (Å²) in [6, 6.07) is 6.66. The van der Waals surface area contributed by atoms with Gasteiger partial charge in [-0.2, -0.15) is 0 Å². The van der Waals surface area contributed by atoms with E-state index in [9.17, 15) is 13.2 Å². The van der Waals surface area contributed by atoms with Gasteiger partial charge in [0, 0.05) is 29.7 Å². The Morgan fingerprint density at radius 2 is 1.95 bits per heavy atom. The van der Waals surface area contributed by atoms with Crippen LogP contribution in [0.1, 0.15) is 16.8 Å². The number of amides is 1. The Morgan fingerprint density at radius 3 is 2.55 bits per heavy atom. The zero-order valence-corrected chi connectivity index (χ0v) is 12.5. The first-order valence-corrected chi connectivity index (χ1v) is 8.64. The number of rotatable bonds is 5. The minimum Gasteiger partial charge on any atom is -0.351 e. The Bertz CT molecular complexity index is 572. The normalized spacial score (nSPS) is 20.8. The smallest absolute Gasteiger partial charge is 0.251 e. The maximum atomic E-state index is 11.8. The van der Waals surface area contributed by atoms with E-state index in [1.165, 1.54) is 0 Å². The fourth-order valence-corrected chi connectivity index (χ4v) is 3.95. The number of nitrogens with one attached hydrogen (secondary N) is 2. The van der Waals surface area contributed by atoms with Crippen LogP contribution in [0.4, 0.5) is 0 Å². The molecule has 7 heteroatoms. The predicted molar refractivity (Wildman–Crippen MR) is 78.8 cm³/mol. The van der Waals surface area contributed by atoms with Crippen molar-refractivity contribution in [1.29, 1.82) is 0 Å². The molecule has 1 saturated heterocycles. The van der Waals surface area contributed by atoms with E-state index in [1.807, 2.05) is 0 Å². The van der Waals surface area contributed by atoms with Crippen molar-refractivity contribution in [3.8, 4) is 0 Å². The van der Waals surface area contributed by atoms with Gasteiger partial charge in [0.2, 0.25) is 0 Å². The van der Waals surface area contributed by atoms with Gasteiger partial charge in [-0.1, -0.05) is 11.6 Å². The number of hydrogen-bond donors (Lipinski definition) is 2. The molecule has 1 aromatic carbocycles. The van der Waals surface area contributed by atoms with Gasteiger partial charge in [0.15, 0.2) is 9.84 Å². The van der Waals surface area contributed by atoms with Gasteiger partial charge in [0.05, 0.1) is 11.5 Å². The van der Waals surface area contributed by atoms with Crippen molar-refractivity contribution in [2.24, 2.45) is 0 Å². The van der Waals surface area contributed by atoms with Gasteiger partial charge in [-0.3, -0.25) is 4.79 Å². The van der Waals surface area contributed by atoms with E-state index in [0.29, 0.717) is 30.1 Å². The maximum Gasteiger partial charge on any atom is 0.251 e.